The van der Waals surface area contributed by atoms with Crippen LogP contribution in [-0.4, -0.2) is 22.8 Å². The number of benzene rings is 2. The summed E-state index contributed by atoms with van der Waals surface area (Å²) in [5.74, 6) is -0.124. The lowest BCUT2D eigenvalue weighted by Crippen LogP contribution is -2.26. The smallest absolute Gasteiger partial charge is 0.255 e. The molecule has 108 valence electrons. The molecule has 2 N–H and O–H groups in total. The van der Waals surface area contributed by atoms with E-state index in [1.807, 2.05) is 24.3 Å². The van der Waals surface area contributed by atoms with Crippen LogP contribution in [0, 0.1) is 0 Å². The number of hydrogen-bond acceptors (Lipinski definition) is 2. The van der Waals surface area contributed by atoms with Crippen LogP contribution < -0.4 is 5.73 Å². The molecule has 0 radical (unpaired) electrons. The van der Waals surface area contributed by atoms with Crippen molar-refractivity contribution in [1.29, 1.82) is 0 Å². The van der Waals surface area contributed by atoms with Crippen LogP contribution in [0.3, 0.4) is 0 Å². The van der Waals surface area contributed by atoms with Gasteiger partial charge in [-0.3, -0.25) is 4.79 Å². The van der Waals surface area contributed by atoms with Crippen LogP contribution in [0.4, 0.5) is 0 Å². The molecule has 1 amide bonds. The molecule has 0 aliphatic heterocycles. The fourth-order valence-corrected chi connectivity index (χ4v) is 2.35. The molecule has 0 bridgehead atoms. The second kappa shape index (κ2) is 6.70. The number of rotatable bonds is 4. The Balaban J connectivity index is 2.16. The number of halogens is 1. The van der Waals surface area contributed by atoms with E-state index in [0.29, 0.717) is 22.1 Å². The van der Waals surface area contributed by atoms with Crippen molar-refractivity contribution in [2.45, 2.75) is 6.54 Å². The normalized spacial score (nSPS) is 10.2. The number of hydrogen-bond donors (Lipinski definition) is 1. The molecule has 0 saturated heterocycles. The van der Waals surface area contributed by atoms with Gasteiger partial charge in [0.15, 0.2) is 0 Å². The van der Waals surface area contributed by atoms with Crippen molar-refractivity contribution < 1.29 is 4.79 Å². The first-order chi connectivity index (χ1) is 9.99. The Labute approximate surface area is 134 Å². The molecular weight excluding hydrogens is 304 g/mol. The lowest BCUT2D eigenvalue weighted by molar-refractivity contribution is 0.0785. The molecule has 0 unspecified atom stereocenters. The molecule has 0 saturated carbocycles. The van der Waals surface area contributed by atoms with Crippen LogP contribution in [0.15, 0.2) is 48.5 Å². The van der Waals surface area contributed by atoms with Gasteiger partial charge in [-0.25, -0.2) is 0 Å². The Bertz CT molecular complexity index is 687. The van der Waals surface area contributed by atoms with Crippen molar-refractivity contribution in [2.75, 3.05) is 7.05 Å². The summed E-state index contributed by atoms with van der Waals surface area (Å²) in [6.45, 7) is 0.459. The highest BCUT2D eigenvalue weighted by atomic mass is 35.5. The highest BCUT2D eigenvalue weighted by Crippen LogP contribution is 2.18. The molecule has 0 fully saturated rings. The first kappa shape index (κ1) is 15.5. The number of nitrogens with zero attached hydrogens (tertiary/aromatic N) is 1. The maximum absolute atomic E-state index is 12.4. The zero-order valence-electron chi connectivity index (χ0n) is 11.5. The largest absolute Gasteiger partial charge is 0.389 e. The molecule has 0 aliphatic rings. The summed E-state index contributed by atoms with van der Waals surface area (Å²) >= 11 is 11.0. The van der Waals surface area contributed by atoms with Gasteiger partial charge >= 0.3 is 0 Å². The quantitative estimate of drug-likeness (QED) is 0.880. The minimum atomic E-state index is -0.124. The Hall–Kier alpha value is -1.91. The fraction of sp³-hybridized carbons (Fsp3) is 0.125. The van der Waals surface area contributed by atoms with E-state index in [2.05, 4.69) is 0 Å². The van der Waals surface area contributed by atoms with Gasteiger partial charge in [-0.1, -0.05) is 54.2 Å². The van der Waals surface area contributed by atoms with Gasteiger partial charge in [0.25, 0.3) is 5.91 Å². The first-order valence-electron chi connectivity index (χ1n) is 6.38. The predicted molar refractivity (Wildman–Crippen MR) is 89.6 cm³/mol. The van der Waals surface area contributed by atoms with Gasteiger partial charge in [0.05, 0.1) is 10.6 Å². The lowest BCUT2D eigenvalue weighted by Gasteiger charge is -2.18. The third-order valence-corrected chi connectivity index (χ3v) is 3.65. The molecule has 0 atom stereocenters. The van der Waals surface area contributed by atoms with Gasteiger partial charge in [0.2, 0.25) is 0 Å². The van der Waals surface area contributed by atoms with E-state index in [9.17, 15) is 4.79 Å². The van der Waals surface area contributed by atoms with Crippen molar-refractivity contribution >= 4 is 34.7 Å². The molecule has 2 rings (SSSR count). The zero-order valence-corrected chi connectivity index (χ0v) is 13.1. The predicted octanol–water partition coefficient (Wildman–Crippen LogP) is 3.25. The zero-order chi connectivity index (χ0) is 15.4. The topological polar surface area (TPSA) is 46.3 Å². The third kappa shape index (κ3) is 3.80. The van der Waals surface area contributed by atoms with Crippen LogP contribution in [-0.2, 0) is 6.54 Å². The number of nitrogens with two attached hydrogens (primary N) is 1. The third-order valence-electron chi connectivity index (χ3n) is 3.08. The van der Waals surface area contributed by atoms with Crippen LogP contribution in [0.25, 0.3) is 0 Å². The molecule has 21 heavy (non-hydrogen) atoms. The van der Waals surface area contributed by atoms with E-state index in [1.165, 1.54) is 0 Å². The monoisotopic (exact) mass is 318 g/mol. The maximum Gasteiger partial charge on any atom is 0.255 e. The van der Waals surface area contributed by atoms with E-state index in [1.54, 1.807) is 36.2 Å². The molecule has 2 aromatic carbocycles. The van der Waals surface area contributed by atoms with E-state index in [4.69, 9.17) is 29.6 Å². The average Bonchev–Trinajstić information content (AvgIpc) is 2.47. The summed E-state index contributed by atoms with van der Waals surface area (Å²) in [5, 5.41) is 0.450. The van der Waals surface area contributed by atoms with Crippen molar-refractivity contribution in [1.82, 2.24) is 4.90 Å². The molecular formula is C16H15ClN2OS. The SMILES string of the molecule is CN(Cc1cccc(C(N)=S)c1)C(=O)c1ccccc1Cl. The summed E-state index contributed by atoms with van der Waals surface area (Å²) in [4.78, 5) is 14.3. The van der Waals surface area contributed by atoms with Gasteiger partial charge in [-0.05, 0) is 23.8 Å². The Morgan fingerprint density at radius 1 is 1.24 bits per heavy atom. The lowest BCUT2D eigenvalue weighted by atomic mass is 10.1. The van der Waals surface area contributed by atoms with Crippen LogP contribution in [0.1, 0.15) is 21.5 Å². The number of carbonyl (C=O) groups excluding carboxylic acids is 1. The Morgan fingerprint density at radius 3 is 2.62 bits per heavy atom. The second-order valence-corrected chi connectivity index (χ2v) is 5.55. The van der Waals surface area contributed by atoms with Gasteiger partial charge < -0.3 is 10.6 Å². The van der Waals surface area contributed by atoms with Gasteiger partial charge in [0.1, 0.15) is 4.99 Å². The average molecular weight is 319 g/mol. The molecule has 0 spiro atoms. The summed E-state index contributed by atoms with van der Waals surface area (Å²) in [7, 11) is 1.74. The molecule has 0 heterocycles. The molecule has 0 aromatic heterocycles. The Kier molecular flexibility index (Phi) is 4.94. The first-order valence-corrected chi connectivity index (χ1v) is 7.16. The van der Waals surface area contributed by atoms with Gasteiger partial charge in [-0.15, -0.1) is 0 Å². The van der Waals surface area contributed by atoms with Crippen molar-refractivity contribution in [3.8, 4) is 0 Å². The molecule has 5 heteroatoms. The van der Waals surface area contributed by atoms with E-state index < -0.39 is 0 Å². The number of carbonyl (C=O) groups is 1. The summed E-state index contributed by atoms with van der Waals surface area (Å²) < 4.78 is 0. The fourth-order valence-electron chi connectivity index (χ4n) is 2.01. The minimum absolute atomic E-state index is 0.124. The molecule has 3 nitrogen and oxygen atoms in total. The van der Waals surface area contributed by atoms with Gasteiger partial charge in [0, 0.05) is 19.2 Å². The minimum Gasteiger partial charge on any atom is -0.389 e. The van der Waals surface area contributed by atoms with Crippen molar-refractivity contribution in [2.24, 2.45) is 5.73 Å². The van der Waals surface area contributed by atoms with E-state index in [-0.39, 0.29) is 5.91 Å². The molecule has 2 aromatic rings. The summed E-state index contributed by atoms with van der Waals surface area (Å²) in [6.07, 6.45) is 0. The van der Waals surface area contributed by atoms with Crippen LogP contribution in [0.5, 0.6) is 0 Å². The summed E-state index contributed by atoms with van der Waals surface area (Å²) in [6, 6.07) is 14.5. The second-order valence-electron chi connectivity index (χ2n) is 4.71. The van der Waals surface area contributed by atoms with Gasteiger partial charge in [-0.2, -0.15) is 0 Å². The molecule has 0 aliphatic carbocycles. The van der Waals surface area contributed by atoms with Crippen molar-refractivity contribution in [3.63, 3.8) is 0 Å². The number of thiocarbonyl (C=S) groups is 1. The number of amides is 1. The standard InChI is InChI=1S/C16H15ClN2OS/c1-19(16(20)13-7-2-3-8-14(13)17)10-11-5-4-6-12(9-11)15(18)21/h2-9H,10H2,1H3,(H2,18,21). The van der Waals surface area contributed by atoms with Crippen molar-refractivity contribution in [3.05, 3.63) is 70.2 Å². The highest BCUT2D eigenvalue weighted by molar-refractivity contribution is 7.80. The van der Waals surface area contributed by atoms with E-state index in [0.717, 1.165) is 11.1 Å². The Morgan fingerprint density at radius 2 is 1.95 bits per heavy atom. The highest BCUT2D eigenvalue weighted by Gasteiger charge is 2.15. The maximum atomic E-state index is 12.4. The van der Waals surface area contributed by atoms with Crippen LogP contribution in [0.2, 0.25) is 5.02 Å². The summed E-state index contributed by atoms with van der Waals surface area (Å²) in [5.41, 5.74) is 7.86. The van der Waals surface area contributed by atoms with E-state index >= 15 is 0 Å². The van der Waals surface area contributed by atoms with Crippen LogP contribution >= 0.6 is 23.8 Å².